The van der Waals surface area contributed by atoms with Gasteiger partial charge in [0.25, 0.3) is 0 Å². The number of hydrogen-bond donors (Lipinski definition) is 1. The summed E-state index contributed by atoms with van der Waals surface area (Å²) in [5.74, 6) is 0. The van der Waals surface area contributed by atoms with Crippen LogP contribution in [0.4, 0.5) is 0 Å². The molecule has 0 radical (unpaired) electrons. The largest absolute Gasteiger partial charge is 0.314 e. The van der Waals surface area contributed by atoms with Gasteiger partial charge in [-0.2, -0.15) is 0 Å². The first-order valence-corrected chi connectivity index (χ1v) is 4.58. The molecule has 10 heavy (non-hydrogen) atoms. The molecule has 0 spiro atoms. The molecule has 0 unspecified atom stereocenters. The fraction of sp³-hybridized carbons (Fsp3) is 1.00. The minimum absolute atomic E-state index is 0. The van der Waals surface area contributed by atoms with Crippen molar-refractivity contribution in [1.82, 2.24) is 5.32 Å². The summed E-state index contributed by atoms with van der Waals surface area (Å²) < 4.78 is 0. The lowest BCUT2D eigenvalue weighted by Crippen LogP contribution is -2.34. The van der Waals surface area contributed by atoms with Crippen molar-refractivity contribution in [2.45, 2.75) is 52.5 Å². The van der Waals surface area contributed by atoms with Gasteiger partial charge in [-0.05, 0) is 19.4 Å². The summed E-state index contributed by atoms with van der Waals surface area (Å²) in [6.45, 7) is 7.56. The zero-order valence-electron chi connectivity index (χ0n) is 7.61. The molecule has 1 fully saturated rings. The van der Waals surface area contributed by atoms with Crippen molar-refractivity contribution in [3.05, 3.63) is 0 Å². The predicted octanol–water partition coefficient (Wildman–Crippen LogP) is 2.81. The molecule has 0 aromatic rings. The summed E-state index contributed by atoms with van der Waals surface area (Å²) in [7, 11) is 0. The van der Waals surface area contributed by atoms with Crippen molar-refractivity contribution in [1.29, 1.82) is 0 Å². The van der Waals surface area contributed by atoms with Crippen molar-refractivity contribution in [2.24, 2.45) is 0 Å². The van der Waals surface area contributed by atoms with E-state index in [1.807, 2.05) is 0 Å². The third-order valence-corrected chi connectivity index (χ3v) is 1.60. The lowest BCUT2D eigenvalue weighted by atomic mass is 9.93. The van der Waals surface area contributed by atoms with Crippen LogP contribution in [0, 0.1) is 0 Å². The van der Waals surface area contributed by atoms with E-state index >= 15 is 0 Å². The zero-order valence-corrected chi connectivity index (χ0v) is 7.61. The molecule has 1 rings (SSSR count). The maximum absolute atomic E-state index is 3.38. The van der Waals surface area contributed by atoms with Crippen LogP contribution in [0.5, 0.6) is 0 Å². The average Bonchev–Trinajstić information content (AvgIpc) is 1.81. The topological polar surface area (TPSA) is 12.0 Å². The monoisotopic (exact) mass is 145 g/mol. The fourth-order valence-electron chi connectivity index (χ4n) is 0.901. The fourth-order valence-corrected chi connectivity index (χ4v) is 0.901. The molecule has 1 N–H and O–H groups in total. The van der Waals surface area contributed by atoms with Gasteiger partial charge >= 0.3 is 0 Å². The molecule has 64 valence electrons. The molecular weight excluding hydrogens is 122 g/mol. The first kappa shape index (κ1) is 9.96. The lowest BCUT2D eigenvalue weighted by Gasteiger charge is -2.25. The third-order valence-electron chi connectivity index (χ3n) is 1.60. The van der Waals surface area contributed by atoms with Gasteiger partial charge < -0.3 is 5.32 Å². The molecule has 1 saturated carbocycles. The molecule has 1 aliphatic rings. The normalized spacial score (nSPS) is 17.1. The molecule has 0 amide bonds. The molecule has 0 aromatic carbocycles. The van der Waals surface area contributed by atoms with E-state index in [-0.39, 0.29) is 1.43 Å². The quantitative estimate of drug-likeness (QED) is 0.630. The van der Waals surface area contributed by atoms with Crippen molar-refractivity contribution in [3.8, 4) is 0 Å². The molecule has 0 aromatic heterocycles. The maximum Gasteiger partial charge on any atom is 0.00669 e. The Morgan fingerprint density at radius 2 is 1.80 bits per heavy atom. The summed E-state index contributed by atoms with van der Waals surface area (Å²) in [4.78, 5) is 0. The van der Waals surface area contributed by atoms with E-state index in [2.05, 4.69) is 26.1 Å². The molecule has 0 saturated heterocycles. The highest BCUT2D eigenvalue weighted by molar-refractivity contribution is 4.74. The third kappa shape index (κ3) is 4.80. The van der Waals surface area contributed by atoms with Gasteiger partial charge in [0.1, 0.15) is 0 Å². The minimum atomic E-state index is 0. The zero-order chi connectivity index (χ0) is 7.82. The van der Waals surface area contributed by atoms with Crippen LogP contribution in [-0.2, 0) is 0 Å². The number of rotatable bonds is 2. The highest BCUT2D eigenvalue weighted by Crippen LogP contribution is 2.17. The average molecular weight is 145 g/mol. The molecule has 1 heteroatoms. The highest BCUT2D eigenvalue weighted by atomic mass is 14.9. The molecule has 1 aliphatic carbocycles. The van der Waals surface area contributed by atoms with E-state index in [1.54, 1.807) is 0 Å². The lowest BCUT2D eigenvalue weighted by molar-refractivity contribution is 0.346. The van der Waals surface area contributed by atoms with Gasteiger partial charge in [-0.25, -0.2) is 0 Å². The SMILES string of the molecule is CCC.CCNC1CCC1.[HH]. The standard InChI is InChI=1S/C6H13N.C3H8.H2/c1-2-7-6-4-3-5-6;1-3-2;/h6-7H,2-5H2,1H3;3H2,1-2H3;1H. The molecule has 1 nitrogen and oxygen atoms in total. The van der Waals surface area contributed by atoms with Gasteiger partial charge in [0.05, 0.1) is 0 Å². The maximum atomic E-state index is 3.38. The Morgan fingerprint density at radius 1 is 1.30 bits per heavy atom. The van der Waals surface area contributed by atoms with Crippen molar-refractivity contribution < 1.29 is 1.43 Å². The van der Waals surface area contributed by atoms with Crippen molar-refractivity contribution in [3.63, 3.8) is 0 Å². The van der Waals surface area contributed by atoms with Crippen molar-refractivity contribution in [2.75, 3.05) is 6.54 Å². The Labute approximate surface area is 66.7 Å². The van der Waals surface area contributed by atoms with Gasteiger partial charge in [-0.1, -0.05) is 33.6 Å². The second kappa shape index (κ2) is 7.07. The Bertz CT molecular complexity index is 62.6. The van der Waals surface area contributed by atoms with Crippen LogP contribution >= 0.6 is 0 Å². The van der Waals surface area contributed by atoms with Crippen LogP contribution in [-0.4, -0.2) is 12.6 Å². The van der Waals surface area contributed by atoms with Gasteiger partial charge in [-0.3, -0.25) is 0 Å². The van der Waals surface area contributed by atoms with Crippen LogP contribution in [0.2, 0.25) is 0 Å². The van der Waals surface area contributed by atoms with E-state index in [4.69, 9.17) is 0 Å². The Balaban J connectivity index is 0. The molecular formula is C9H23N. The van der Waals surface area contributed by atoms with Crippen LogP contribution in [0.1, 0.15) is 47.9 Å². The van der Waals surface area contributed by atoms with Crippen LogP contribution < -0.4 is 5.32 Å². The van der Waals surface area contributed by atoms with Gasteiger partial charge in [0.15, 0.2) is 0 Å². The molecule has 0 aliphatic heterocycles. The van der Waals surface area contributed by atoms with Crippen LogP contribution in [0.3, 0.4) is 0 Å². The van der Waals surface area contributed by atoms with Crippen LogP contribution in [0.15, 0.2) is 0 Å². The Hall–Kier alpha value is -0.0400. The Morgan fingerprint density at radius 3 is 1.90 bits per heavy atom. The van der Waals surface area contributed by atoms with Gasteiger partial charge in [-0.15, -0.1) is 0 Å². The summed E-state index contributed by atoms with van der Waals surface area (Å²) >= 11 is 0. The summed E-state index contributed by atoms with van der Waals surface area (Å²) in [5, 5.41) is 3.38. The van der Waals surface area contributed by atoms with E-state index in [0.717, 1.165) is 12.6 Å². The Kier molecular flexibility index (Phi) is 7.04. The number of hydrogen-bond acceptors (Lipinski definition) is 1. The second-order valence-electron chi connectivity index (χ2n) is 2.89. The van der Waals surface area contributed by atoms with E-state index in [1.165, 1.54) is 25.7 Å². The van der Waals surface area contributed by atoms with Crippen molar-refractivity contribution >= 4 is 0 Å². The summed E-state index contributed by atoms with van der Waals surface area (Å²) in [6, 6.07) is 0.880. The first-order chi connectivity index (χ1) is 4.85. The van der Waals surface area contributed by atoms with E-state index < -0.39 is 0 Å². The smallest absolute Gasteiger partial charge is 0.00669 e. The van der Waals surface area contributed by atoms with Gasteiger partial charge in [0, 0.05) is 7.47 Å². The van der Waals surface area contributed by atoms with Gasteiger partial charge in [0.2, 0.25) is 0 Å². The predicted molar refractivity (Wildman–Crippen MR) is 49.4 cm³/mol. The number of nitrogens with one attached hydrogen (secondary N) is 1. The first-order valence-electron chi connectivity index (χ1n) is 4.58. The van der Waals surface area contributed by atoms with Crippen LogP contribution in [0.25, 0.3) is 0 Å². The van der Waals surface area contributed by atoms with E-state index in [0.29, 0.717) is 0 Å². The molecule has 0 heterocycles. The second-order valence-corrected chi connectivity index (χ2v) is 2.89. The summed E-state index contributed by atoms with van der Waals surface area (Å²) in [6.07, 6.45) is 5.51. The highest BCUT2D eigenvalue weighted by Gasteiger charge is 2.14. The molecule has 0 atom stereocenters. The minimum Gasteiger partial charge on any atom is -0.314 e. The molecule has 0 bridgehead atoms. The summed E-state index contributed by atoms with van der Waals surface area (Å²) in [5.41, 5.74) is 0. The van der Waals surface area contributed by atoms with E-state index in [9.17, 15) is 0 Å².